The lowest BCUT2D eigenvalue weighted by molar-refractivity contribution is -0.121. The lowest BCUT2D eigenvalue weighted by Gasteiger charge is -2.15. The predicted molar refractivity (Wildman–Crippen MR) is 111 cm³/mol. The minimum Gasteiger partial charge on any atom is -0.350 e. The van der Waals surface area contributed by atoms with Gasteiger partial charge in [-0.2, -0.15) is 0 Å². The average Bonchev–Trinajstić information content (AvgIpc) is 2.73. The Morgan fingerprint density at radius 3 is 2.64 bits per heavy atom. The van der Waals surface area contributed by atoms with E-state index in [4.69, 9.17) is 0 Å². The van der Waals surface area contributed by atoms with E-state index in [9.17, 15) is 9.59 Å². The Bertz CT molecular complexity index is 1210. The van der Waals surface area contributed by atoms with Crippen molar-refractivity contribution in [3.05, 3.63) is 89.0 Å². The van der Waals surface area contributed by atoms with Gasteiger partial charge in [0.25, 0.3) is 5.56 Å². The molecule has 5 nitrogen and oxygen atoms in total. The smallest absolute Gasteiger partial charge is 0.261 e. The van der Waals surface area contributed by atoms with Gasteiger partial charge in [-0.1, -0.05) is 48.5 Å². The number of amides is 1. The summed E-state index contributed by atoms with van der Waals surface area (Å²) in [6, 6.07) is 21.4. The number of hydrogen-bond donors (Lipinski definition) is 1. The molecule has 0 aliphatic heterocycles. The van der Waals surface area contributed by atoms with Crippen molar-refractivity contribution in [3.8, 4) is 0 Å². The van der Waals surface area contributed by atoms with E-state index in [0.29, 0.717) is 17.4 Å². The summed E-state index contributed by atoms with van der Waals surface area (Å²) in [6.45, 7) is 2.26. The van der Waals surface area contributed by atoms with Crippen LogP contribution in [0.5, 0.6) is 0 Å². The van der Waals surface area contributed by atoms with Gasteiger partial charge in [0.2, 0.25) is 5.91 Å². The first-order valence-electron chi connectivity index (χ1n) is 9.34. The predicted octanol–water partition coefficient (Wildman–Crippen LogP) is 3.82. The van der Waals surface area contributed by atoms with Gasteiger partial charge in [-0.05, 0) is 41.5 Å². The van der Waals surface area contributed by atoms with Crippen molar-refractivity contribution in [2.45, 2.75) is 25.9 Å². The van der Waals surface area contributed by atoms with E-state index in [0.717, 1.165) is 10.9 Å². The highest BCUT2D eigenvalue weighted by molar-refractivity contribution is 5.83. The van der Waals surface area contributed by atoms with Crippen LogP contribution >= 0.6 is 0 Å². The fourth-order valence-electron chi connectivity index (χ4n) is 3.36. The van der Waals surface area contributed by atoms with Crippen LogP contribution in [-0.4, -0.2) is 15.5 Å². The summed E-state index contributed by atoms with van der Waals surface area (Å²) in [5.74, 6) is -0.0966. The van der Waals surface area contributed by atoms with Crippen LogP contribution in [0.4, 0.5) is 0 Å². The first-order valence-corrected chi connectivity index (χ1v) is 9.34. The Balaban J connectivity index is 1.42. The summed E-state index contributed by atoms with van der Waals surface area (Å²) in [4.78, 5) is 29.2. The standard InChI is InChI=1S/C23H21N3O2/c1-16(18-11-10-17-6-2-3-7-19(17)14-18)25-22(27)12-13-26-15-24-21-9-5-4-8-20(21)23(26)28/h2-11,14-16H,12-13H2,1H3,(H,25,27)/t16-/m1/s1. The maximum absolute atomic E-state index is 12.5. The Hall–Kier alpha value is -3.47. The normalized spacial score (nSPS) is 12.2. The maximum Gasteiger partial charge on any atom is 0.261 e. The zero-order valence-electron chi connectivity index (χ0n) is 15.6. The number of carbonyl (C=O) groups is 1. The van der Waals surface area contributed by atoms with Crippen molar-refractivity contribution < 1.29 is 4.79 Å². The number of rotatable bonds is 5. The van der Waals surface area contributed by atoms with Crippen molar-refractivity contribution in [1.29, 1.82) is 0 Å². The Morgan fingerprint density at radius 1 is 1.04 bits per heavy atom. The third-order valence-electron chi connectivity index (χ3n) is 4.96. The Labute approximate surface area is 162 Å². The molecule has 0 aliphatic rings. The van der Waals surface area contributed by atoms with Crippen LogP contribution in [-0.2, 0) is 11.3 Å². The van der Waals surface area contributed by atoms with Gasteiger partial charge in [0.1, 0.15) is 0 Å². The Morgan fingerprint density at radius 2 is 1.79 bits per heavy atom. The molecule has 0 saturated heterocycles. The summed E-state index contributed by atoms with van der Waals surface area (Å²) in [7, 11) is 0. The first-order chi connectivity index (χ1) is 13.6. The van der Waals surface area contributed by atoms with Crippen LogP contribution in [0.15, 0.2) is 77.9 Å². The molecule has 1 heterocycles. The average molecular weight is 371 g/mol. The molecule has 28 heavy (non-hydrogen) atoms. The number of benzene rings is 3. The third kappa shape index (κ3) is 3.64. The number of nitrogens with zero attached hydrogens (tertiary/aromatic N) is 2. The monoisotopic (exact) mass is 371 g/mol. The van der Waals surface area contributed by atoms with E-state index >= 15 is 0 Å². The molecule has 0 fully saturated rings. The summed E-state index contributed by atoms with van der Waals surface area (Å²) >= 11 is 0. The van der Waals surface area contributed by atoms with Gasteiger partial charge in [-0.25, -0.2) is 4.98 Å². The Kier molecular flexibility index (Phi) is 4.89. The number of aryl methyl sites for hydroxylation is 1. The van der Waals surface area contributed by atoms with Crippen LogP contribution in [0.1, 0.15) is 24.9 Å². The van der Waals surface area contributed by atoms with E-state index in [2.05, 4.69) is 34.6 Å². The fraction of sp³-hybridized carbons (Fsp3) is 0.174. The lowest BCUT2D eigenvalue weighted by atomic mass is 10.0. The molecule has 0 saturated carbocycles. The molecule has 0 unspecified atom stereocenters. The van der Waals surface area contributed by atoms with Crippen molar-refractivity contribution in [1.82, 2.24) is 14.9 Å². The molecule has 0 aliphatic carbocycles. The van der Waals surface area contributed by atoms with Crippen molar-refractivity contribution >= 4 is 27.6 Å². The zero-order valence-corrected chi connectivity index (χ0v) is 15.6. The first kappa shape index (κ1) is 17.9. The summed E-state index contributed by atoms with van der Waals surface area (Å²) in [6.07, 6.45) is 1.72. The van der Waals surface area contributed by atoms with Crippen LogP contribution < -0.4 is 10.9 Å². The molecular weight excluding hydrogens is 350 g/mol. The number of para-hydroxylation sites is 1. The number of carbonyl (C=O) groups excluding carboxylic acids is 1. The lowest BCUT2D eigenvalue weighted by Crippen LogP contribution is -2.29. The van der Waals surface area contributed by atoms with Crippen molar-refractivity contribution in [2.24, 2.45) is 0 Å². The van der Waals surface area contributed by atoms with E-state index in [1.807, 2.05) is 37.3 Å². The highest BCUT2D eigenvalue weighted by Crippen LogP contribution is 2.20. The highest BCUT2D eigenvalue weighted by atomic mass is 16.2. The van der Waals surface area contributed by atoms with Gasteiger partial charge in [-0.15, -0.1) is 0 Å². The van der Waals surface area contributed by atoms with Gasteiger partial charge in [-0.3, -0.25) is 14.2 Å². The molecule has 0 bridgehead atoms. The van der Waals surface area contributed by atoms with Crippen LogP contribution in [0.2, 0.25) is 0 Å². The highest BCUT2D eigenvalue weighted by Gasteiger charge is 2.11. The van der Waals surface area contributed by atoms with Gasteiger partial charge < -0.3 is 5.32 Å². The van der Waals surface area contributed by atoms with Crippen LogP contribution in [0.3, 0.4) is 0 Å². The SMILES string of the molecule is C[C@@H](NC(=O)CCn1cnc2ccccc2c1=O)c1ccc2ccccc2c1. The summed E-state index contributed by atoms with van der Waals surface area (Å²) in [5, 5.41) is 5.90. The van der Waals surface area contributed by atoms with Crippen molar-refractivity contribution in [2.75, 3.05) is 0 Å². The molecule has 5 heteroatoms. The quantitative estimate of drug-likeness (QED) is 0.580. The van der Waals surface area contributed by atoms with Crippen molar-refractivity contribution in [3.63, 3.8) is 0 Å². The molecule has 1 N–H and O–H groups in total. The molecule has 1 amide bonds. The fourth-order valence-corrected chi connectivity index (χ4v) is 3.36. The number of nitrogens with one attached hydrogen (secondary N) is 1. The number of fused-ring (bicyclic) bond motifs is 2. The maximum atomic E-state index is 12.5. The molecule has 1 atom stereocenters. The topological polar surface area (TPSA) is 64.0 Å². The van der Waals surface area contributed by atoms with Gasteiger partial charge >= 0.3 is 0 Å². The molecule has 4 rings (SSSR count). The van der Waals surface area contributed by atoms with E-state index in [1.54, 1.807) is 12.1 Å². The largest absolute Gasteiger partial charge is 0.350 e. The van der Waals surface area contributed by atoms with E-state index in [-0.39, 0.29) is 23.9 Å². The minimum atomic E-state index is -0.124. The van der Waals surface area contributed by atoms with E-state index in [1.165, 1.54) is 16.3 Å². The molecular formula is C23H21N3O2. The molecule has 0 radical (unpaired) electrons. The van der Waals surface area contributed by atoms with Crippen LogP contribution in [0, 0.1) is 0 Å². The molecule has 1 aromatic heterocycles. The van der Waals surface area contributed by atoms with Gasteiger partial charge in [0, 0.05) is 13.0 Å². The summed E-state index contributed by atoms with van der Waals surface area (Å²) in [5.41, 5.74) is 1.59. The molecule has 140 valence electrons. The van der Waals surface area contributed by atoms with Gasteiger partial charge in [0.05, 0.1) is 23.3 Å². The minimum absolute atomic E-state index is 0.0966. The second kappa shape index (κ2) is 7.64. The molecule has 4 aromatic rings. The van der Waals surface area contributed by atoms with Gasteiger partial charge in [0.15, 0.2) is 0 Å². The summed E-state index contributed by atoms with van der Waals surface area (Å²) < 4.78 is 1.49. The number of aromatic nitrogens is 2. The molecule has 3 aromatic carbocycles. The molecule has 0 spiro atoms. The van der Waals surface area contributed by atoms with Crippen LogP contribution in [0.25, 0.3) is 21.7 Å². The third-order valence-corrected chi connectivity index (χ3v) is 4.96. The number of hydrogen-bond acceptors (Lipinski definition) is 3. The second-order valence-electron chi connectivity index (χ2n) is 6.91. The van der Waals surface area contributed by atoms with E-state index < -0.39 is 0 Å². The second-order valence-corrected chi connectivity index (χ2v) is 6.91. The zero-order chi connectivity index (χ0) is 19.5.